The molecule has 0 saturated heterocycles. The summed E-state index contributed by atoms with van der Waals surface area (Å²) < 4.78 is 3.97. The Morgan fingerprint density at radius 2 is 1.81 bits per heavy atom. The molecule has 0 fully saturated rings. The van der Waals surface area contributed by atoms with Gasteiger partial charge in [0.25, 0.3) is 5.69 Å². The van der Waals surface area contributed by atoms with Crippen LogP contribution >= 0.6 is 0 Å². The molecule has 0 atom stereocenters. The Kier molecular flexibility index (Phi) is 3.51. The van der Waals surface area contributed by atoms with Crippen LogP contribution in [0.5, 0.6) is 0 Å². The second-order valence-corrected chi connectivity index (χ2v) is 2.53. The topological polar surface area (TPSA) is 118 Å². The molecule has 0 aromatic heterocycles. The number of carbonyl (C=O) groups is 2. The summed E-state index contributed by atoms with van der Waals surface area (Å²) in [5.41, 5.74) is -0.294. The Labute approximate surface area is 88.7 Å². The molecule has 0 heterocycles. The first kappa shape index (κ1) is 11.6. The summed E-state index contributed by atoms with van der Waals surface area (Å²) in [6.07, 6.45) is -1.58. The Hall–Kier alpha value is -2.48. The molecule has 8 nitrogen and oxygen atoms in total. The largest absolute Gasteiger partial charge is 0.538 e. The standard InChI is InChI=1S/C8H4N2O6/c9-16-8(12)15-7(11)5-1-3-6(4-2-5)10(13)14/h1-4H. The summed E-state index contributed by atoms with van der Waals surface area (Å²) in [5.74, 6) is 6.74. The van der Waals surface area contributed by atoms with Gasteiger partial charge in [-0.15, -0.1) is 0 Å². The average molecular weight is 224 g/mol. The predicted molar refractivity (Wildman–Crippen MR) is 47.1 cm³/mol. The number of nitro groups is 1. The van der Waals surface area contributed by atoms with Gasteiger partial charge in [-0.2, -0.15) is 0 Å². The van der Waals surface area contributed by atoms with Crippen LogP contribution in [-0.4, -0.2) is 17.0 Å². The number of carbonyl (C=O) groups excluding carboxylic acids is 2. The number of non-ortho nitro benzene ring substituents is 1. The molecular weight excluding hydrogens is 220 g/mol. The van der Waals surface area contributed by atoms with Crippen LogP contribution in [0, 0.1) is 10.1 Å². The second-order valence-electron chi connectivity index (χ2n) is 2.53. The Morgan fingerprint density at radius 1 is 1.25 bits per heavy atom. The van der Waals surface area contributed by atoms with E-state index in [4.69, 9.17) is 5.90 Å². The summed E-state index contributed by atoms with van der Waals surface area (Å²) in [6.45, 7) is 0. The highest BCUT2D eigenvalue weighted by Crippen LogP contribution is 2.12. The summed E-state index contributed by atoms with van der Waals surface area (Å²) in [5, 5.41) is 10.3. The van der Waals surface area contributed by atoms with Gasteiger partial charge in [-0.3, -0.25) is 15.0 Å². The highest BCUT2D eigenvalue weighted by molar-refractivity contribution is 5.95. The lowest BCUT2D eigenvalue weighted by Gasteiger charge is -1.98. The number of benzene rings is 1. The molecule has 0 aliphatic heterocycles. The zero-order valence-electron chi connectivity index (χ0n) is 7.65. The number of hydrogen-bond donors (Lipinski definition) is 0. The molecule has 0 aliphatic carbocycles. The Morgan fingerprint density at radius 3 is 2.25 bits per heavy atom. The third-order valence-corrected chi connectivity index (χ3v) is 1.56. The number of nitro benzene ring substituents is 1. The van der Waals surface area contributed by atoms with E-state index < -0.39 is 17.0 Å². The third kappa shape index (κ3) is 2.75. The normalized spacial score (nSPS) is 9.31. The van der Waals surface area contributed by atoms with E-state index in [0.717, 1.165) is 24.3 Å². The van der Waals surface area contributed by atoms with Crippen molar-refractivity contribution in [2.24, 2.45) is 0 Å². The molecule has 1 aromatic rings. The van der Waals surface area contributed by atoms with Crippen LogP contribution < -0.4 is 5.90 Å². The van der Waals surface area contributed by atoms with E-state index in [2.05, 4.69) is 9.57 Å². The minimum absolute atomic E-state index is 0.0870. The summed E-state index contributed by atoms with van der Waals surface area (Å²) in [4.78, 5) is 34.2. The van der Waals surface area contributed by atoms with E-state index >= 15 is 0 Å². The maximum atomic E-state index is 11.1. The number of rotatable bonds is 2. The zero-order valence-corrected chi connectivity index (χ0v) is 7.65. The molecule has 1 aromatic carbocycles. The van der Waals surface area contributed by atoms with Gasteiger partial charge < -0.3 is 4.74 Å². The minimum atomic E-state index is -1.58. The van der Waals surface area contributed by atoms with Gasteiger partial charge >= 0.3 is 12.1 Å². The van der Waals surface area contributed by atoms with E-state index in [1.54, 1.807) is 0 Å². The van der Waals surface area contributed by atoms with Crippen LogP contribution in [0.3, 0.4) is 0 Å². The molecule has 82 valence electrons. The predicted octanol–water partition coefficient (Wildman–Crippen LogP) is 0.872. The van der Waals surface area contributed by atoms with Gasteiger partial charge in [0, 0.05) is 12.1 Å². The molecule has 0 saturated carbocycles. The fourth-order valence-corrected chi connectivity index (χ4v) is 0.872. The van der Waals surface area contributed by atoms with Gasteiger partial charge in [0.15, 0.2) is 0 Å². The third-order valence-electron chi connectivity index (χ3n) is 1.56. The lowest BCUT2D eigenvalue weighted by molar-refractivity contribution is -0.384. The van der Waals surface area contributed by atoms with E-state index in [1.165, 1.54) is 0 Å². The number of esters is 1. The first-order valence-electron chi connectivity index (χ1n) is 3.86. The van der Waals surface area contributed by atoms with Gasteiger partial charge in [-0.1, -0.05) is 0 Å². The molecular formula is C8H4N2O6. The molecule has 0 bridgehead atoms. The molecule has 2 radical (unpaired) electrons. The van der Waals surface area contributed by atoms with Crippen molar-refractivity contribution in [3.05, 3.63) is 39.9 Å². The molecule has 8 heteroatoms. The summed E-state index contributed by atoms with van der Waals surface area (Å²) in [7, 11) is 0. The van der Waals surface area contributed by atoms with Crippen LogP contribution in [0.2, 0.25) is 0 Å². The zero-order chi connectivity index (χ0) is 12.1. The lowest BCUT2D eigenvalue weighted by Crippen LogP contribution is -2.13. The fraction of sp³-hybridized carbons (Fsp3) is 0. The van der Waals surface area contributed by atoms with Gasteiger partial charge in [0.2, 0.25) is 0 Å². The number of nitrogens with zero attached hydrogens (tertiary/aromatic N) is 2. The molecule has 0 spiro atoms. The molecule has 0 unspecified atom stereocenters. The minimum Gasteiger partial charge on any atom is -0.355 e. The van der Waals surface area contributed by atoms with Gasteiger partial charge in [0.05, 0.1) is 10.5 Å². The van der Waals surface area contributed by atoms with Crippen molar-refractivity contribution in [1.29, 1.82) is 0 Å². The monoisotopic (exact) mass is 224 g/mol. The first-order chi connectivity index (χ1) is 7.54. The van der Waals surface area contributed by atoms with Crippen molar-refractivity contribution in [2.75, 3.05) is 0 Å². The molecule has 1 rings (SSSR count). The first-order valence-corrected chi connectivity index (χ1v) is 3.86. The van der Waals surface area contributed by atoms with Crippen molar-refractivity contribution in [2.45, 2.75) is 0 Å². The Bertz CT molecular complexity index is 427. The van der Waals surface area contributed by atoms with Crippen LogP contribution in [0.25, 0.3) is 0 Å². The van der Waals surface area contributed by atoms with Crippen LogP contribution in [0.4, 0.5) is 10.5 Å². The second kappa shape index (κ2) is 4.84. The van der Waals surface area contributed by atoms with E-state index in [1.807, 2.05) is 0 Å². The number of ether oxygens (including phenoxy) is 1. The van der Waals surface area contributed by atoms with Gasteiger partial charge in [0.1, 0.15) is 5.90 Å². The molecule has 0 N–H and O–H groups in total. The van der Waals surface area contributed by atoms with Crippen molar-refractivity contribution in [3.63, 3.8) is 0 Å². The average Bonchev–Trinajstić information content (AvgIpc) is 2.28. The van der Waals surface area contributed by atoms with Gasteiger partial charge in [-0.25, -0.2) is 9.59 Å². The number of hydrogen-bond acceptors (Lipinski definition) is 6. The van der Waals surface area contributed by atoms with E-state index in [0.29, 0.717) is 0 Å². The van der Waals surface area contributed by atoms with Crippen LogP contribution in [-0.2, 0) is 9.57 Å². The SMILES string of the molecule is [N]OC(=O)OC(=O)c1ccc([N+](=O)[O-])cc1. The quantitative estimate of drug-likeness (QED) is 0.318. The van der Waals surface area contributed by atoms with E-state index in [9.17, 15) is 19.7 Å². The van der Waals surface area contributed by atoms with E-state index in [-0.39, 0.29) is 11.3 Å². The highest BCUT2D eigenvalue weighted by Gasteiger charge is 2.15. The summed E-state index contributed by atoms with van der Waals surface area (Å²) in [6, 6.07) is 4.35. The molecule has 0 aliphatic rings. The summed E-state index contributed by atoms with van der Waals surface area (Å²) >= 11 is 0. The van der Waals surface area contributed by atoms with Crippen molar-refractivity contribution >= 4 is 17.8 Å². The van der Waals surface area contributed by atoms with Gasteiger partial charge in [-0.05, 0) is 12.1 Å². The Balaban J connectivity index is 2.78. The fourth-order valence-electron chi connectivity index (χ4n) is 0.872. The lowest BCUT2D eigenvalue weighted by atomic mass is 10.2. The van der Waals surface area contributed by atoms with Crippen molar-refractivity contribution in [1.82, 2.24) is 5.90 Å². The van der Waals surface area contributed by atoms with Crippen molar-refractivity contribution in [3.8, 4) is 0 Å². The maximum absolute atomic E-state index is 11.1. The molecule has 0 amide bonds. The van der Waals surface area contributed by atoms with Crippen LogP contribution in [0.1, 0.15) is 10.4 Å². The maximum Gasteiger partial charge on any atom is 0.538 e. The van der Waals surface area contributed by atoms with Crippen LogP contribution in [0.15, 0.2) is 24.3 Å². The van der Waals surface area contributed by atoms with Crippen molar-refractivity contribution < 1.29 is 24.1 Å². The molecule has 16 heavy (non-hydrogen) atoms. The highest BCUT2D eigenvalue weighted by atomic mass is 16.8. The smallest absolute Gasteiger partial charge is 0.355 e.